The number of hydrogen-bond donors (Lipinski definition) is 1. The van der Waals surface area contributed by atoms with Crippen LogP contribution in [0.15, 0.2) is 12.1 Å². The van der Waals surface area contributed by atoms with Crippen molar-refractivity contribution >= 4 is 5.91 Å². The van der Waals surface area contributed by atoms with E-state index >= 15 is 0 Å². The van der Waals surface area contributed by atoms with Crippen LogP contribution >= 0.6 is 0 Å². The maximum Gasteiger partial charge on any atom is 0.258 e. The van der Waals surface area contributed by atoms with E-state index in [9.17, 15) is 18.8 Å². The molecule has 112 valence electrons. The maximum absolute atomic E-state index is 13.9. The average molecular weight is 292 g/mol. The predicted molar refractivity (Wildman–Crippen MR) is 74.5 cm³/mol. The first-order chi connectivity index (χ1) is 10.0. The van der Waals surface area contributed by atoms with Crippen molar-refractivity contribution in [2.45, 2.75) is 45.1 Å². The highest BCUT2D eigenvalue weighted by molar-refractivity contribution is 5.95. The molecule has 0 bridgehead atoms. The standard InChI is InChI=1S/C16H18F2N2O/c1-10-7-8-12(17)14(15(10)18)16(21)20-13(9-19)11-5-3-2-4-6-11/h7-8,11,13H,2-6H2,1H3,(H,20,21). The third-order valence-corrected chi connectivity index (χ3v) is 4.06. The highest BCUT2D eigenvalue weighted by atomic mass is 19.1. The second kappa shape index (κ2) is 6.66. The SMILES string of the molecule is Cc1ccc(F)c(C(=O)NC(C#N)C2CCCCC2)c1F. The number of aryl methyl sites for hydroxylation is 1. The third kappa shape index (κ3) is 3.38. The van der Waals surface area contributed by atoms with Crippen LogP contribution in [0.5, 0.6) is 0 Å². The van der Waals surface area contributed by atoms with E-state index in [2.05, 4.69) is 5.32 Å². The van der Waals surface area contributed by atoms with Gasteiger partial charge in [0.2, 0.25) is 0 Å². The van der Waals surface area contributed by atoms with E-state index in [4.69, 9.17) is 0 Å². The Morgan fingerprint density at radius 3 is 2.62 bits per heavy atom. The van der Waals surface area contributed by atoms with Crippen LogP contribution in [-0.4, -0.2) is 11.9 Å². The number of amides is 1. The van der Waals surface area contributed by atoms with E-state index in [1.165, 1.54) is 13.0 Å². The van der Waals surface area contributed by atoms with Crippen LogP contribution in [0.1, 0.15) is 48.0 Å². The first kappa shape index (κ1) is 15.4. The topological polar surface area (TPSA) is 52.9 Å². The van der Waals surface area contributed by atoms with Gasteiger partial charge in [-0.25, -0.2) is 8.78 Å². The number of nitrogens with one attached hydrogen (secondary N) is 1. The minimum atomic E-state index is -0.907. The molecule has 1 N–H and O–H groups in total. The van der Waals surface area contributed by atoms with Gasteiger partial charge in [-0.05, 0) is 37.3 Å². The van der Waals surface area contributed by atoms with Gasteiger partial charge in [0.15, 0.2) is 0 Å². The minimum absolute atomic E-state index is 0.0589. The number of rotatable bonds is 3. The molecule has 1 aromatic rings. The Labute approximate surface area is 123 Å². The van der Waals surface area contributed by atoms with E-state index in [0.29, 0.717) is 0 Å². The van der Waals surface area contributed by atoms with Crippen LogP contribution in [0.25, 0.3) is 0 Å². The van der Waals surface area contributed by atoms with E-state index in [1.54, 1.807) is 0 Å². The summed E-state index contributed by atoms with van der Waals surface area (Å²) in [5.41, 5.74) is -0.404. The number of nitrogens with zero attached hydrogens (tertiary/aromatic N) is 1. The van der Waals surface area contributed by atoms with Gasteiger partial charge < -0.3 is 5.32 Å². The fourth-order valence-corrected chi connectivity index (χ4v) is 2.80. The first-order valence-corrected chi connectivity index (χ1v) is 7.19. The van der Waals surface area contributed by atoms with Crippen molar-refractivity contribution in [2.75, 3.05) is 0 Å². The van der Waals surface area contributed by atoms with Gasteiger partial charge in [-0.2, -0.15) is 5.26 Å². The molecule has 0 aromatic heterocycles. The summed E-state index contributed by atoms with van der Waals surface area (Å²) in [6, 6.07) is 3.70. The van der Waals surface area contributed by atoms with E-state index in [-0.39, 0.29) is 11.5 Å². The normalized spacial score (nSPS) is 17.0. The van der Waals surface area contributed by atoms with Crippen LogP contribution < -0.4 is 5.32 Å². The summed E-state index contributed by atoms with van der Waals surface area (Å²) < 4.78 is 27.6. The van der Waals surface area contributed by atoms with Gasteiger partial charge in [-0.15, -0.1) is 0 Å². The lowest BCUT2D eigenvalue weighted by molar-refractivity contribution is 0.0920. The van der Waals surface area contributed by atoms with E-state index in [1.807, 2.05) is 6.07 Å². The van der Waals surface area contributed by atoms with Gasteiger partial charge in [0.1, 0.15) is 23.2 Å². The molecule has 1 aliphatic carbocycles. The van der Waals surface area contributed by atoms with Crippen molar-refractivity contribution < 1.29 is 13.6 Å². The Morgan fingerprint density at radius 1 is 1.33 bits per heavy atom. The molecular formula is C16H18F2N2O. The van der Waals surface area contributed by atoms with Gasteiger partial charge in [0, 0.05) is 0 Å². The molecule has 0 heterocycles. The fourth-order valence-electron chi connectivity index (χ4n) is 2.80. The quantitative estimate of drug-likeness (QED) is 0.927. The van der Waals surface area contributed by atoms with Crippen LogP contribution in [0.4, 0.5) is 8.78 Å². The zero-order valence-electron chi connectivity index (χ0n) is 12.0. The van der Waals surface area contributed by atoms with Crippen LogP contribution in [-0.2, 0) is 0 Å². The molecule has 3 nitrogen and oxygen atoms in total. The Hall–Kier alpha value is -1.96. The summed E-state index contributed by atoms with van der Waals surface area (Å²) in [5.74, 6) is -2.57. The van der Waals surface area contributed by atoms with Crippen LogP contribution in [0.3, 0.4) is 0 Å². The summed E-state index contributed by atoms with van der Waals surface area (Å²) in [4.78, 5) is 12.1. The molecule has 1 atom stereocenters. The molecular weight excluding hydrogens is 274 g/mol. The molecule has 1 aliphatic rings. The summed E-state index contributed by atoms with van der Waals surface area (Å²) in [6.07, 6.45) is 4.88. The Bertz CT molecular complexity index is 574. The van der Waals surface area contributed by atoms with Crippen molar-refractivity contribution in [3.8, 4) is 6.07 Å². The second-order valence-corrected chi connectivity index (χ2v) is 5.53. The minimum Gasteiger partial charge on any atom is -0.336 e. The van der Waals surface area contributed by atoms with Crippen LogP contribution in [0, 0.1) is 35.8 Å². The van der Waals surface area contributed by atoms with Gasteiger partial charge in [-0.1, -0.05) is 25.3 Å². The van der Waals surface area contributed by atoms with Crippen LogP contribution in [0.2, 0.25) is 0 Å². The largest absolute Gasteiger partial charge is 0.336 e. The Kier molecular flexibility index (Phi) is 4.89. The molecule has 0 saturated heterocycles. The van der Waals surface area contributed by atoms with Crippen molar-refractivity contribution in [1.82, 2.24) is 5.32 Å². The zero-order valence-corrected chi connectivity index (χ0v) is 12.0. The van der Waals surface area contributed by atoms with Crippen molar-refractivity contribution in [1.29, 1.82) is 5.26 Å². The zero-order chi connectivity index (χ0) is 15.4. The first-order valence-electron chi connectivity index (χ1n) is 7.19. The molecule has 0 spiro atoms. The van der Waals surface area contributed by atoms with Gasteiger partial charge in [0.05, 0.1) is 6.07 Å². The number of hydrogen-bond acceptors (Lipinski definition) is 2. The molecule has 2 rings (SSSR count). The highest BCUT2D eigenvalue weighted by Gasteiger charge is 2.27. The number of benzene rings is 1. The number of carbonyl (C=O) groups excluding carboxylic acids is 1. The lowest BCUT2D eigenvalue weighted by Crippen LogP contribution is -2.40. The van der Waals surface area contributed by atoms with Crippen molar-refractivity contribution in [3.63, 3.8) is 0 Å². The van der Waals surface area contributed by atoms with Gasteiger partial charge in [0.25, 0.3) is 5.91 Å². The monoisotopic (exact) mass is 292 g/mol. The molecule has 0 radical (unpaired) electrons. The highest BCUT2D eigenvalue weighted by Crippen LogP contribution is 2.26. The smallest absolute Gasteiger partial charge is 0.258 e. The number of carbonyl (C=O) groups is 1. The average Bonchev–Trinajstić information content (AvgIpc) is 2.50. The summed E-state index contributed by atoms with van der Waals surface area (Å²) in [7, 11) is 0. The summed E-state index contributed by atoms with van der Waals surface area (Å²) in [6.45, 7) is 1.47. The van der Waals surface area contributed by atoms with E-state index < -0.39 is 29.1 Å². The molecule has 21 heavy (non-hydrogen) atoms. The number of nitriles is 1. The molecule has 1 saturated carbocycles. The van der Waals surface area contributed by atoms with Gasteiger partial charge >= 0.3 is 0 Å². The van der Waals surface area contributed by atoms with E-state index in [0.717, 1.165) is 38.2 Å². The lowest BCUT2D eigenvalue weighted by atomic mass is 9.84. The van der Waals surface area contributed by atoms with Gasteiger partial charge in [-0.3, -0.25) is 4.79 Å². The number of halogens is 2. The molecule has 1 unspecified atom stereocenters. The fraction of sp³-hybridized carbons (Fsp3) is 0.500. The molecule has 1 aromatic carbocycles. The Balaban J connectivity index is 2.17. The Morgan fingerprint density at radius 2 is 2.00 bits per heavy atom. The maximum atomic E-state index is 13.9. The molecule has 5 heteroatoms. The molecule has 0 aliphatic heterocycles. The lowest BCUT2D eigenvalue weighted by Gasteiger charge is -2.26. The predicted octanol–water partition coefficient (Wildman–Crippen LogP) is 3.48. The van der Waals surface area contributed by atoms with Crippen molar-refractivity contribution in [3.05, 3.63) is 34.9 Å². The van der Waals surface area contributed by atoms with Crippen molar-refractivity contribution in [2.24, 2.45) is 5.92 Å². The molecule has 1 fully saturated rings. The summed E-state index contributed by atoms with van der Waals surface area (Å²) >= 11 is 0. The molecule has 1 amide bonds. The second-order valence-electron chi connectivity index (χ2n) is 5.53. The third-order valence-electron chi connectivity index (χ3n) is 4.06. The summed E-state index contributed by atoms with van der Waals surface area (Å²) in [5, 5.41) is 11.7.